The van der Waals surface area contributed by atoms with Crippen LogP contribution in [0.4, 0.5) is 0 Å². The van der Waals surface area contributed by atoms with E-state index in [1.807, 2.05) is 32.2 Å². The summed E-state index contributed by atoms with van der Waals surface area (Å²) in [5, 5.41) is 20.9. The first-order valence-electron chi connectivity index (χ1n) is 5.79. The van der Waals surface area contributed by atoms with Gasteiger partial charge >= 0.3 is 5.97 Å². The molecule has 2 N–H and O–H groups in total. The lowest BCUT2D eigenvalue weighted by atomic mass is 10.1. The molecule has 3 rings (SSSR count). The van der Waals surface area contributed by atoms with Gasteiger partial charge in [-0.25, -0.2) is 4.79 Å². The predicted octanol–water partition coefficient (Wildman–Crippen LogP) is 1.97. The second-order valence-corrected chi connectivity index (χ2v) is 4.38. The van der Waals surface area contributed by atoms with Crippen LogP contribution in [0, 0.1) is 6.92 Å². The van der Waals surface area contributed by atoms with Crippen molar-refractivity contribution in [3.05, 3.63) is 35.7 Å². The minimum absolute atomic E-state index is 0.0774. The number of H-pyrrole nitrogens is 1. The molecule has 0 spiro atoms. The number of fused-ring (bicyclic) bond motifs is 1. The third kappa shape index (κ3) is 1.69. The van der Waals surface area contributed by atoms with E-state index in [2.05, 4.69) is 15.3 Å². The average molecular weight is 256 g/mol. The van der Waals surface area contributed by atoms with Crippen LogP contribution in [0.3, 0.4) is 0 Å². The number of aromatic amines is 1. The van der Waals surface area contributed by atoms with E-state index in [1.165, 1.54) is 6.07 Å². The smallest absolute Gasteiger partial charge is 0.353 e. The van der Waals surface area contributed by atoms with Gasteiger partial charge in [-0.3, -0.25) is 9.78 Å². The van der Waals surface area contributed by atoms with Crippen LogP contribution in [-0.2, 0) is 7.05 Å². The van der Waals surface area contributed by atoms with Crippen LogP contribution < -0.4 is 0 Å². The molecule has 0 saturated carbocycles. The molecule has 0 unspecified atom stereocenters. The van der Waals surface area contributed by atoms with Crippen LogP contribution in [0.25, 0.3) is 22.2 Å². The van der Waals surface area contributed by atoms with Gasteiger partial charge in [-0.15, -0.1) is 0 Å². The number of hydrogen-bond acceptors (Lipinski definition) is 3. The number of aromatic carboxylic acids is 1. The van der Waals surface area contributed by atoms with Crippen molar-refractivity contribution in [2.75, 3.05) is 0 Å². The number of aryl methyl sites for hydroxylation is 2. The maximum atomic E-state index is 10.9. The molecule has 0 fully saturated rings. The maximum Gasteiger partial charge on any atom is 0.353 e. The molecule has 6 nitrogen and oxygen atoms in total. The van der Waals surface area contributed by atoms with Gasteiger partial charge in [0.05, 0.1) is 16.9 Å². The van der Waals surface area contributed by atoms with Gasteiger partial charge < -0.3 is 5.11 Å². The lowest BCUT2D eigenvalue weighted by molar-refractivity contribution is 0.0690. The number of benzene rings is 1. The summed E-state index contributed by atoms with van der Waals surface area (Å²) < 4.78 is 1.80. The Kier molecular flexibility index (Phi) is 2.38. The topological polar surface area (TPSA) is 83.8 Å². The van der Waals surface area contributed by atoms with E-state index >= 15 is 0 Å². The van der Waals surface area contributed by atoms with Crippen molar-refractivity contribution < 1.29 is 9.90 Å². The Balaban J connectivity index is 2.27. The molecular formula is C13H12N4O2. The zero-order valence-corrected chi connectivity index (χ0v) is 10.5. The lowest BCUT2D eigenvalue weighted by Gasteiger charge is -2.00. The Bertz CT molecular complexity index is 785. The summed E-state index contributed by atoms with van der Waals surface area (Å²) in [4.78, 5) is 10.9. The van der Waals surface area contributed by atoms with Crippen molar-refractivity contribution in [1.29, 1.82) is 0 Å². The van der Waals surface area contributed by atoms with Crippen LogP contribution in [0.2, 0.25) is 0 Å². The number of carboxylic acid groups (broad SMARTS) is 1. The predicted molar refractivity (Wildman–Crippen MR) is 70.0 cm³/mol. The Hall–Kier alpha value is -2.63. The molecule has 0 saturated heterocycles. The Labute approximate surface area is 108 Å². The van der Waals surface area contributed by atoms with E-state index in [4.69, 9.17) is 5.11 Å². The van der Waals surface area contributed by atoms with Gasteiger partial charge in [0.15, 0.2) is 0 Å². The highest BCUT2D eigenvalue weighted by Gasteiger charge is 2.15. The summed E-state index contributed by atoms with van der Waals surface area (Å²) in [7, 11) is 1.88. The van der Waals surface area contributed by atoms with Gasteiger partial charge in [0.1, 0.15) is 5.69 Å². The van der Waals surface area contributed by atoms with Crippen molar-refractivity contribution in [3.63, 3.8) is 0 Å². The fourth-order valence-corrected chi connectivity index (χ4v) is 2.30. The molecule has 0 radical (unpaired) electrons. The fourth-order valence-electron chi connectivity index (χ4n) is 2.30. The number of rotatable bonds is 2. The summed E-state index contributed by atoms with van der Waals surface area (Å²) in [6.07, 6.45) is 0. The molecular weight excluding hydrogens is 244 g/mol. The Morgan fingerprint density at radius 1 is 1.42 bits per heavy atom. The molecule has 0 aliphatic carbocycles. The first kappa shape index (κ1) is 11.5. The van der Waals surface area contributed by atoms with Crippen LogP contribution in [0.1, 0.15) is 16.2 Å². The minimum Gasteiger partial charge on any atom is -0.477 e. The van der Waals surface area contributed by atoms with Gasteiger partial charge in [-0.2, -0.15) is 10.2 Å². The summed E-state index contributed by atoms with van der Waals surface area (Å²) in [6, 6.07) is 7.33. The molecule has 2 aromatic heterocycles. The zero-order valence-electron chi connectivity index (χ0n) is 10.5. The summed E-state index contributed by atoms with van der Waals surface area (Å²) in [5.41, 5.74) is 3.46. The summed E-state index contributed by atoms with van der Waals surface area (Å²) >= 11 is 0. The van der Waals surface area contributed by atoms with Crippen molar-refractivity contribution in [3.8, 4) is 11.3 Å². The number of carboxylic acids is 1. The second-order valence-electron chi connectivity index (χ2n) is 4.38. The number of nitrogens with zero attached hydrogens (tertiary/aromatic N) is 3. The van der Waals surface area contributed by atoms with Gasteiger partial charge in [0.2, 0.25) is 0 Å². The van der Waals surface area contributed by atoms with Crippen molar-refractivity contribution >= 4 is 16.9 Å². The normalized spacial score (nSPS) is 11.1. The van der Waals surface area contributed by atoms with Crippen molar-refractivity contribution in [1.82, 2.24) is 20.0 Å². The van der Waals surface area contributed by atoms with E-state index in [-0.39, 0.29) is 5.69 Å². The molecule has 1 aromatic carbocycles. The van der Waals surface area contributed by atoms with Gasteiger partial charge in [0.25, 0.3) is 0 Å². The van der Waals surface area contributed by atoms with Crippen molar-refractivity contribution in [2.45, 2.75) is 6.92 Å². The number of hydrogen-bond donors (Lipinski definition) is 2. The third-order valence-corrected chi connectivity index (χ3v) is 3.14. The molecule has 0 aliphatic rings. The molecule has 0 amide bonds. The molecule has 0 bridgehead atoms. The number of nitrogens with one attached hydrogen (secondary N) is 1. The number of aromatic nitrogens is 4. The quantitative estimate of drug-likeness (QED) is 0.734. The summed E-state index contributed by atoms with van der Waals surface area (Å²) in [5.74, 6) is -1.02. The SMILES string of the molecule is Cc1nn(C)c2cccc(-c3cc(C(=O)O)[nH]n3)c12. The highest BCUT2D eigenvalue weighted by Crippen LogP contribution is 2.29. The van der Waals surface area contributed by atoms with E-state index in [0.717, 1.165) is 22.2 Å². The van der Waals surface area contributed by atoms with E-state index in [0.29, 0.717) is 5.69 Å². The largest absolute Gasteiger partial charge is 0.477 e. The highest BCUT2D eigenvalue weighted by atomic mass is 16.4. The average Bonchev–Trinajstić information content (AvgIpc) is 2.96. The molecule has 2 heterocycles. The van der Waals surface area contributed by atoms with Crippen LogP contribution in [0.15, 0.2) is 24.3 Å². The first-order valence-corrected chi connectivity index (χ1v) is 5.79. The molecule has 0 aliphatic heterocycles. The van der Waals surface area contributed by atoms with Gasteiger partial charge in [-0.1, -0.05) is 12.1 Å². The Morgan fingerprint density at radius 3 is 2.89 bits per heavy atom. The monoisotopic (exact) mass is 256 g/mol. The first-order chi connectivity index (χ1) is 9.08. The van der Waals surface area contributed by atoms with E-state index in [1.54, 1.807) is 4.68 Å². The molecule has 19 heavy (non-hydrogen) atoms. The third-order valence-electron chi connectivity index (χ3n) is 3.14. The molecule has 3 aromatic rings. The molecule has 6 heteroatoms. The standard InChI is InChI=1S/C13H12N4O2/c1-7-12-8(4-3-5-11(12)17(2)16-7)9-6-10(13(18)19)15-14-9/h3-6H,1-2H3,(H,14,15)(H,18,19). The Morgan fingerprint density at radius 2 is 2.21 bits per heavy atom. The van der Waals surface area contributed by atoms with Gasteiger partial charge in [-0.05, 0) is 19.1 Å². The maximum absolute atomic E-state index is 10.9. The minimum atomic E-state index is -1.02. The van der Waals surface area contributed by atoms with E-state index < -0.39 is 5.97 Å². The van der Waals surface area contributed by atoms with Crippen LogP contribution >= 0.6 is 0 Å². The van der Waals surface area contributed by atoms with Crippen molar-refractivity contribution in [2.24, 2.45) is 7.05 Å². The zero-order chi connectivity index (χ0) is 13.6. The van der Waals surface area contributed by atoms with E-state index in [9.17, 15) is 4.79 Å². The highest BCUT2D eigenvalue weighted by molar-refractivity contribution is 5.97. The van der Waals surface area contributed by atoms with Crippen LogP contribution in [-0.4, -0.2) is 31.1 Å². The molecule has 0 atom stereocenters. The fraction of sp³-hybridized carbons (Fsp3) is 0.154. The summed E-state index contributed by atoms with van der Waals surface area (Å²) in [6.45, 7) is 1.93. The molecule has 96 valence electrons. The lowest BCUT2D eigenvalue weighted by Crippen LogP contribution is -1.95. The number of carbonyl (C=O) groups is 1. The van der Waals surface area contributed by atoms with Gasteiger partial charge in [0, 0.05) is 18.0 Å². The second kappa shape index (κ2) is 3.94. The van der Waals surface area contributed by atoms with Crippen LogP contribution in [0.5, 0.6) is 0 Å².